The third kappa shape index (κ3) is 4.48. The van der Waals surface area contributed by atoms with Crippen molar-refractivity contribution >= 4 is 6.16 Å². The van der Waals surface area contributed by atoms with E-state index in [1.54, 1.807) is 0 Å². The predicted octanol–water partition coefficient (Wildman–Crippen LogP) is 1.09. The molecule has 1 aliphatic rings. The maximum Gasteiger partial charge on any atom is 0.508 e. The number of ether oxygens (including phenoxy) is 3. The lowest BCUT2D eigenvalue weighted by Crippen LogP contribution is -2.21. The number of hydrogen-bond donors (Lipinski definition) is 1. The van der Waals surface area contributed by atoms with Gasteiger partial charge in [-0.3, -0.25) is 0 Å². The van der Waals surface area contributed by atoms with E-state index in [-0.39, 0.29) is 25.4 Å². The number of aliphatic hydroxyl groups is 1. The minimum absolute atomic E-state index is 0.0246. The summed E-state index contributed by atoms with van der Waals surface area (Å²) in [6, 6.07) is 0. The fourth-order valence-electron chi connectivity index (χ4n) is 1.43. The summed E-state index contributed by atoms with van der Waals surface area (Å²) in [6.45, 7) is 2.53. The average molecular weight is 218 g/mol. The van der Waals surface area contributed by atoms with Crippen LogP contribution in [0.15, 0.2) is 0 Å². The quantitative estimate of drug-likeness (QED) is 0.700. The molecule has 0 aliphatic carbocycles. The van der Waals surface area contributed by atoms with E-state index in [4.69, 9.17) is 19.3 Å². The Labute approximate surface area is 89.3 Å². The smallest absolute Gasteiger partial charge is 0.434 e. The molecule has 1 heterocycles. The first kappa shape index (κ1) is 12.3. The number of aliphatic hydroxyl groups excluding tert-OH is 1. The van der Waals surface area contributed by atoms with Crippen molar-refractivity contribution in [3.63, 3.8) is 0 Å². The van der Waals surface area contributed by atoms with Crippen molar-refractivity contribution in [2.45, 2.75) is 38.4 Å². The van der Waals surface area contributed by atoms with Gasteiger partial charge in [0.05, 0.1) is 25.4 Å². The normalized spacial score (nSPS) is 25.2. The van der Waals surface area contributed by atoms with Crippen molar-refractivity contribution in [2.24, 2.45) is 0 Å². The van der Waals surface area contributed by atoms with Gasteiger partial charge in [-0.05, 0) is 19.3 Å². The third-order valence-corrected chi connectivity index (χ3v) is 2.21. The van der Waals surface area contributed by atoms with Gasteiger partial charge in [-0.2, -0.15) is 0 Å². The molecule has 1 fully saturated rings. The van der Waals surface area contributed by atoms with E-state index in [1.165, 1.54) is 0 Å². The predicted molar refractivity (Wildman–Crippen MR) is 52.6 cm³/mol. The molecule has 0 unspecified atom stereocenters. The number of carbonyl (C=O) groups is 1. The Morgan fingerprint density at radius 2 is 2.13 bits per heavy atom. The zero-order valence-corrected chi connectivity index (χ0v) is 8.98. The molecule has 2 atom stereocenters. The van der Waals surface area contributed by atoms with Crippen LogP contribution in [0.25, 0.3) is 0 Å². The summed E-state index contributed by atoms with van der Waals surface area (Å²) >= 11 is 0. The Bertz CT molecular complexity index is 194. The molecular formula is C10H18O5. The SMILES string of the molecule is CCCOC(=O)OC[C@H]1CC[C@H](CO)O1. The first-order valence-corrected chi connectivity index (χ1v) is 5.32. The summed E-state index contributed by atoms with van der Waals surface area (Å²) in [5.74, 6) is 0. The molecule has 1 saturated heterocycles. The van der Waals surface area contributed by atoms with E-state index in [1.807, 2.05) is 6.92 Å². The number of carbonyl (C=O) groups excluding carboxylic acids is 1. The zero-order valence-electron chi connectivity index (χ0n) is 8.98. The van der Waals surface area contributed by atoms with Gasteiger partial charge in [-0.25, -0.2) is 4.79 Å². The van der Waals surface area contributed by atoms with E-state index < -0.39 is 6.16 Å². The molecule has 5 nitrogen and oxygen atoms in total. The highest BCUT2D eigenvalue weighted by Crippen LogP contribution is 2.19. The van der Waals surface area contributed by atoms with E-state index >= 15 is 0 Å². The van der Waals surface area contributed by atoms with Crippen molar-refractivity contribution in [2.75, 3.05) is 19.8 Å². The fourth-order valence-corrected chi connectivity index (χ4v) is 1.43. The zero-order chi connectivity index (χ0) is 11.1. The second-order valence-corrected chi connectivity index (χ2v) is 3.55. The summed E-state index contributed by atoms with van der Waals surface area (Å²) in [4.78, 5) is 11.0. The van der Waals surface area contributed by atoms with Crippen LogP contribution >= 0.6 is 0 Å². The summed E-state index contributed by atoms with van der Waals surface area (Å²) in [7, 11) is 0. The van der Waals surface area contributed by atoms with Gasteiger partial charge >= 0.3 is 6.16 Å². The minimum Gasteiger partial charge on any atom is -0.434 e. The molecule has 15 heavy (non-hydrogen) atoms. The second kappa shape index (κ2) is 6.63. The monoisotopic (exact) mass is 218 g/mol. The van der Waals surface area contributed by atoms with Crippen LogP contribution in [-0.4, -0.2) is 43.3 Å². The van der Waals surface area contributed by atoms with Crippen LogP contribution in [0.1, 0.15) is 26.2 Å². The molecule has 0 aromatic carbocycles. The highest BCUT2D eigenvalue weighted by molar-refractivity contribution is 5.59. The van der Waals surface area contributed by atoms with Gasteiger partial charge in [0.1, 0.15) is 6.61 Å². The lowest BCUT2D eigenvalue weighted by Gasteiger charge is -2.12. The van der Waals surface area contributed by atoms with Crippen LogP contribution in [0, 0.1) is 0 Å². The van der Waals surface area contributed by atoms with Crippen LogP contribution in [0.5, 0.6) is 0 Å². The topological polar surface area (TPSA) is 65.0 Å². The molecule has 0 bridgehead atoms. The van der Waals surface area contributed by atoms with E-state index in [9.17, 15) is 4.79 Å². The Balaban J connectivity index is 2.07. The number of hydrogen-bond acceptors (Lipinski definition) is 5. The Morgan fingerprint density at radius 3 is 2.73 bits per heavy atom. The molecular weight excluding hydrogens is 200 g/mol. The van der Waals surface area contributed by atoms with Crippen LogP contribution in [0.3, 0.4) is 0 Å². The van der Waals surface area contributed by atoms with Crippen molar-refractivity contribution in [1.82, 2.24) is 0 Å². The van der Waals surface area contributed by atoms with Gasteiger partial charge in [-0.15, -0.1) is 0 Å². The molecule has 0 aromatic heterocycles. The highest BCUT2D eigenvalue weighted by atomic mass is 16.7. The molecule has 88 valence electrons. The Kier molecular flexibility index (Phi) is 5.42. The first-order chi connectivity index (χ1) is 7.26. The standard InChI is InChI=1S/C10H18O5/c1-2-5-13-10(12)14-7-9-4-3-8(6-11)15-9/h8-9,11H,2-7H2,1H3/t8-,9-/m1/s1. The first-order valence-electron chi connectivity index (χ1n) is 5.32. The molecule has 0 spiro atoms. The van der Waals surface area contributed by atoms with Crippen LogP contribution in [0.4, 0.5) is 4.79 Å². The Hall–Kier alpha value is -0.810. The maximum atomic E-state index is 11.0. The van der Waals surface area contributed by atoms with Crippen LogP contribution in [0.2, 0.25) is 0 Å². The average Bonchev–Trinajstić information content (AvgIpc) is 2.71. The van der Waals surface area contributed by atoms with Crippen molar-refractivity contribution in [3.05, 3.63) is 0 Å². The van der Waals surface area contributed by atoms with Gasteiger partial charge in [0, 0.05) is 0 Å². The van der Waals surface area contributed by atoms with Crippen molar-refractivity contribution < 1.29 is 24.1 Å². The molecule has 1 aliphatic heterocycles. The summed E-state index contributed by atoms with van der Waals surface area (Å²) in [5, 5.41) is 8.82. The van der Waals surface area contributed by atoms with Gasteiger partial charge in [0.15, 0.2) is 0 Å². The molecule has 0 aromatic rings. The van der Waals surface area contributed by atoms with Gasteiger partial charge in [0.2, 0.25) is 0 Å². The molecule has 0 amide bonds. The van der Waals surface area contributed by atoms with Crippen molar-refractivity contribution in [3.8, 4) is 0 Å². The van der Waals surface area contributed by atoms with Crippen LogP contribution < -0.4 is 0 Å². The lowest BCUT2D eigenvalue weighted by molar-refractivity contribution is -0.0294. The molecule has 0 saturated carbocycles. The number of rotatable bonds is 5. The van der Waals surface area contributed by atoms with Crippen LogP contribution in [-0.2, 0) is 14.2 Å². The van der Waals surface area contributed by atoms with Gasteiger partial charge in [-0.1, -0.05) is 6.92 Å². The molecule has 1 N–H and O–H groups in total. The largest absolute Gasteiger partial charge is 0.508 e. The van der Waals surface area contributed by atoms with E-state index in [0.717, 1.165) is 19.3 Å². The van der Waals surface area contributed by atoms with Gasteiger partial charge < -0.3 is 19.3 Å². The lowest BCUT2D eigenvalue weighted by atomic mass is 10.2. The molecule has 0 radical (unpaired) electrons. The Morgan fingerprint density at radius 1 is 1.40 bits per heavy atom. The van der Waals surface area contributed by atoms with E-state index in [0.29, 0.717) is 6.61 Å². The second-order valence-electron chi connectivity index (χ2n) is 3.55. The van der Waals surface area contributed by atoms with Crippen molar-refractivity contribution in [1.29, 1.82) is 0 Å². The molecule has 1 rings (SSSR count). The van der Waals surface area contributed by atoms with Gasteiger partial charge in [0.25, 0.3) is 0 Å². The fraction of sp³-hybridized carbons (Fsp3) is 0.900. The maximum absolute atomic E-state index is 11.0. The molecule has 5 heteroatoms. The highest BCUT2D eigenvalue weighted by Gasteiger charge is 2.25. The van der Waals surface area contributed by atoms with E-state index in [2.05, 4.69) is 0 Å². The summed E-state index contributed by atoms with van der Waals surface area (Å²) in [5.41, 5.74) is 0. The third-order valence-electron chi connectivity index (χ3n) is 2.21. The summed E-state index contributed by atoms with van der Waals surface area (Å²) < 4.78 is 15.0. The minimum atomic E-state index is -0.645. The summed E-state index contributed by atoms with van der Waals surface area (Å²) in [6.07, 6.45) is 1.55.